The van der Waals surface area contributed by atoms with Crippen molar-refractivity contribution < 1.29 is 34.4 Å². The molecular formula is C16H20O7. The summed E-state index contributed by atoms with van der Waals surface area (Å²) in [4.78, 5) is 33.1. The van der Waals surface area contributed by atoms with E-state index in [0.29, 0.717) is 11.3 Å². The molecule has 7 nitrogen and oxygen atoms in total. The molecule has 0 saturated carbocycles. The Balaban J connectivity index is 3.03. The number of aliphatic carboxylic acids is 3. The molecule has 0 fully saturated rings. The van der Waals surface area contributed by atoms with Gasteiger partial charge in [-0.25, -0.2) is 0 Å². The van der Waals surface area contributed by atoms with Crippen molar-refractivity contribution in [1.29, 1.82) is 0 Å². The average molecular weight is 324 g/mol. The summed E-state index contributed by atoms with van der Waals surface area (Å²) in [6.07, 6.45) is -0.0521. The molecule has 1 aromatic carbocycles. The van der Waals surface area contributed by atoms with E-state index in [9.17, 15) is 19.5 Å². The van der Waals surface area contributed by atoms with Crippen LogP contribution in [0.5, 0.6) is 5.75 Å². The van der Waals surface area contributed by atoms with Gasteiger partial charge in [0.1, 0.15) is 5.75 Å². The second-order valence-corrected chi connectivity index (χ2v) is 5.21. The molecule has 1 aromatic rings. The fraction of sp³-hybridized carbons (Fsp3) is 0.438. The van der Waals surface area contributed by atoms with Crippen molar-refractivity contribution in [3.8, 4) is 5.75 Å². The minimum atomic E-state index is -1.21. The second kappa shape index (κ2) is 8.77. The Morgan fingerprint density at radius 3 is 2.09 bits per heavy atom. The van der Waals surface area contributed by atoms with Gasteiger partial charge in [0.2, 0.25) is 0 Å². The van der Waals surface area contributed by atoms with Crippen molar-refractivity contribution in [1.82, 2.24) is 0 Å². The summed E-state index contributed by atoms with van der Waals surface area (Å²) < 4.78 is 5.05. The highest BCUT2D eigenvalue weighted by molar-refractivity contribution is 5.78. The highest BCUT2D eigenvalue weighted by Gasteiger charge is 2.31. The molecule has 0 saturated heterocycles. The second-order valence-electron chi connectivity index (χ2n) is 5.21. The van der Waals surface area contributed by atoms with Crippen LogP contribution in [0.4, 0.5) is 0 Å². The summed E-state index contributed by atoms with van der Waals surface area (Å²) in [7, 11) is 1.50. The summed E-state index contributed by atoms with van der Waals surface area (Å²) in [5, 5.41) is 27.0. The van der Waals surface area contributed by atoms with E-state index in [1.54, 1.807) is 24.3 Å². The van der Waals surface area contributed by atoms with Crippen molar-refractivity contribution in [3.05, 3.63) is 29.8 Å². The summed E-state index contributed by atoms with van der Waals surface area (Å²) in [6.45, 7) is 0. The van der Waals surface area contributed by atoms with Gasteiger partial charge < -0.3 is 20.1 Å². The molecule has 0 aliphatic rings. The monoisotopic (exact) mass is 324 g/mol. The Hall–Kier alpha value is -2.57. The number of rotatable bonds is 10. The van der Waals surface area contributed by atoms with Gasteiger partial charge in [-0.3, -0.25) is 14.4 Å². The van der Waals surface area contributed by atoms with Crippen LogP contribution in [0.1, 0.15) is 37.2 Å². The normalized spacial score (nSPS) is 13.1. The Bertz CT molecular complexity index is 550. The summed E-state index contributed by atoms with van der Waals surface area (Å²) in [6, 6.07) is 6.70. The molecule has 3 N–H and O–H groups in total. The molecule has 0 bridgehead atoms. The number of ether oxygens (including phenoxy) is 1. The fourth-order valence-corrected chi connectivity index (χ4v) is 2.51. The number of hydrogen-bond acceptors (Lipinski definition) is 4. The highest BCUT2D eigenvalue weighted by atomic mass is 16.5. The third kappa shape index (κ3) is 5.98. The van der Waals surface area contributed by atoms with E-state index in [1.807, 2.05) is 0 Å². The van der Waals surface area contributed by atoms with Gasteiger partial charge >= 0.3 is 17.9 Å². The zero-order valence-corrected chi connectivity index (χ0v) is 12.8. The van der Waals surface area contributed by atoms with E-state index in [1.165, 1.54) is 7.11 Å². The van der Waals surface area contributed by atoms with Crippen LogP contribution in [0.2, 0.25) is 0 Å². The molecule has 0 aliphatic carbocycles. The molecule has 2 atom stereocenters. The fourth-order valence-electron chi connectivity index (χ4n) is 2.51. The lowest BCUT2D eigenvalue weighted by molar-refractivity contribution is -0.149. The molecule has 0 heterocycles. The molecule has 0 amide bonds. The molecule has 0 aromatic heterocycles. The number of carboxylic acid groups (broad SMARTS) is 3. The molecule has 0 spiro atoms. The molecule has 23 heavy (non-hydrogen) atoms. The van der Waals surface area contributed by atoms with Crippen molar-refractivity contribution in [2.75, 3.05) is 7.11 Å². The largest absolute Gasteiger partial charge is 0.497 e. The van der Waals surface area contributed by atoms with E-state index in [2.05, 4.69) is 0 Å². The first kappa shape index (κ1) is 18.5. The van der Waals surface area contributed by atoms with Crippen molar-refractivity contribution >= 4 is 17.9 Å². The van der Waals surface area contributed by atoms with Crippen LogP contribution < -0.4 is 4.74 Å². The van der Waals surface area contributed by atoms with Crippen LogP contribution in [0.15, 0.2) is 24.3 Å². The van der Waals surface area contributed by atoms with Crippen LogP contribution in [0.3, 0.4) is 0 Å². The third-order valence-electron chi connectivity index (χ3n) is 3.65. The minimum Gasteiger partial charge on any atom is -0.497 e. The van der Waals surface area contributed by atoms with Crippen LogP contribution in [-0.2, 0) is 14.4 Å². The van der Waals surface area contributed by atoms with Gasteiger partial charge in [0.25, 0.3) is 0 Å². The lowest BCUT2D eigenvalue weighted by Crippen LogP contribution is -2.25. The van der Waals surface area contributed by atoms with Gasteiger partial charge in [-0.1, -0.05) is 12.1 Å². The Labute approximate surface area is 133 Å². The maximum Gasteiger partial charge on any atom is 0.307 e. The van der Waals surface area contributed by atoms with Gasteiger partial charge in [0.05, 0.1) is 19.4 Å². The van der Waals surface area contributed by atoms with Crippen LogP contribution in [-0.4, -0.2) is 40.3 Å². The van der Waals surface area contributed by atoms with Crippen molar-refractivity contribution in [2.45, 2.75) is 31.6 Å². The van der Waals surface area contributed by atoms with Gasteiger partial charge in [-0.05, 0) is 36.5 Å². The predicted molar refractivity (Wildman–Crippen MR) is 80.6 cm³/mol. The van der Waals surface area contributed by atoms with Crippen molar-refractivity contribution in [3.63, 3.8) is 0 Å². The van der Waals surface area contributed by atoms with E-state index in [4.69, 9.17) is 14.9 Å². The van der Waals surface area contributed by atoms with E-state index < -0.39 is 36.2 Å². The number of benzene rings is 1. The Morgan fingerprint density at radius 2 is 1.65 bits per heavy atom. The third-order valence-corrected chi connectivity index (χ3v) is 3.65. The lowest BCUT2D eigenvalue weighted by Gasteiger charge is -2.23. The van der Waals surface area contributed by atoms with Crippen LogP contribution in [0, 0.1) is 5.92 Å². The van der Waals surface area contributed by atoms with Gasteiger partial charge in [0, 0.05) is 6.42 Å². The lowest BCUT2D eigenvalue weighted by atomic mass is 9.80. The van der Waals surface area contributed by atoms with Gasteiger partial charge in [-0.2, -0.15) is 0 Å². The van der Waals surface area contributed by atoms with E-state index in [-0.39, 0.29) is 19.3 Å². The quantitative estimate of drug-likeness (QED) is 0.603. The average Bonchev–Trinajstić information content (AvgIpc) is 2.49. The van der Waals surface area contributed by atoms with E-state index in [0.717, 1.165) is 0 Å². The predicted octanol–water partition coefficient (Wildman–Crippen LogP) is 2.21. The summed E-state index contributed by atoms with van der Waals surface area (Å²) in [5.41, 5.74) is 0.657. The number of methoxy groups -OCH3 is 1. The van der Waals surface area contributed by atoms with Gasteiger partial charge in [0.15, 0.2) is 0 Å². The molecule has 2 unspecified atom stereocenters. The minimum absolute atomic E-state index is 0.0912. The number of hydrogen-bond donors (Lipinski definition) is 3. The SMILES string of the molecule is COc1ccc(C(CCCC(=O)O)C(CC(=O)O)C(=O)O)cc1. The van der Waals surface area contributed by atoms with E-state index >= 15 is 0 Å². The maximum atomic E-state index is 11.5. The summed E-state index contributed by atoms with van der Waals surface area (Å²) >= 11 is 0. The number of carboxylic acids is 3. The topological polar surface area (TPSA) is 121 Å². The van der Waals surface area contributed by atoms with Crippen LogP contribution >= 0.6 is 0 Å². The molecule has 7 heteroatoms. The molecule has 0 radical (unpaired) electrons. The van der Waals surface area contributed by atoms with Gasteiger partial charge in [-0.15, -0.1) is 0 Å². The molecule has 126 valence electrons. The molecular weight excluding hydrogens is 304 g/mol. The smallest absolute Gasteiger partial charge is 0.307 e. The molecule has 1 rings (SSSR count). The first-order valence-corrected chi connectivity index (χ1v) is 7.15. The van der Waals surface area contributed by atoms with Crippen molar-refractivity contribution in [2.24, 2.45) is 5.92 Å². The zero-order valence-electron chi connectivity index (χ0n) is 12.8. The Morgan fingerprint density at radius 1 is 1.04 bits per heavy atom. The highest BCUT2D eigenvalue weighted by Crippen LogP contribution is 2.33. The van der Waals surface area contributed by atoms with Crippen LogP contribution in [0.25, 0.3) is 0 Å². The maximum absolute atomic E-state index is 11.5. The first-order chi connectivity index (χ1) is 10.8. The first-order valence-electron chi connectivity index (χ1n) is 7.15. The number of carbonyl (C=O) groups is 3. The standard InChI is InChI=1S/C16H20O7/c1-23-11-7-5-10(6-8-11)12(3-2-4-14(17)18)13(16(21)22)9-15(19)20/h5-8,12-13H,2-4,9H2,1H3,(H,17,18)(H,19,20)(H,21,22). The summed E-state index contributed by atoms with van der Waals surface area (Å²) in [5.74, 6) is -4.46. The molecule has 0 aliphatic heterocycles. The zero-order chi connectivity index (χ0) is 17.4. The Kier molecular flexibility index (Phi) is 7.05.